The van der Waals surface area contributed by atoms with Crippen LogP contribution in [0.2, 0.25) is 0 Å². The van der Waals surface area contributed by atoms with E-state index in [9.17, 15) is 4.79 Å². The molecule has 0 saturated carbocycles. The highest BCUT2D eigenvalue weighted by atomic mass is 35.5. The lowest BCUT2D eigenvalue weighted by Gasteiger charge is -2.15. The number of nitrogens with two attached hydrogens (primary N) is 1. The average Bonchev–Trinajstić information content (AvgIpc) is 2.64. The normalized spacial score (nSPS) is 11.4. The van der Waals surface area contributed by atoms with Gasteiger partial charge < -0.3 is 20.5 Å². The number of carbonyl (C=O) groups excluding carboxylic acids is 1. The summed E-state index contributed by atoms with van der Waals surface area (Å²) >= 11 is 0. The quantitative estimate of drug-likeness (QED) is 0.736. The summed E-state index contributed by atoms with van der Waals surface area (Å²) in [6.07, 6.45) is 0. The lowest BCUT2D eigenvalue weighted by atomic mass is 10.1. The molecule has 2 aromatic rings. The van der Waals surface area contributed by atoms with E-state index in [-0.39, 0.29) is 24.4 Å². The molecular weight excluding hydrogens is 352 g/mol. The number of methoxy groups -OCH3 is 1. The third-order valence-corrected chi connectivity index (χ3v) is 3.71. The summed E-state index contributed by atoms with van der Waals surface area (Å²) in [5.74, 6) is 1.39. The maximum Gasteiger partial charge on any atom is 0.251 e. The van der Waals surface area contributed by atoms with Crippen molar-refractivity contribution < 1.29 is 14.3 Å². The molecule has 1 atom stereocenters. The van der Waals surface area contributed by atoms with Gasteiger partial charge in [-0.05, 0) is 29.7 Å². The third-order valence-electron chi connectivity index (χ3n) is 3.71. The Kier molecular flexibility index (Phi) is 8.96. The molecule has 3 N–H and O–H groups in total. The topological polar surface area (TPSA) is 73.6 Å². The molecule has 0 aliphatic carbocycles. The molecule has 1 unspecified atom stereocenters. The van der Waals surface area contributed by atoms with Crippen LogP contribution in [0, 0.1) is 5.92 Å². The van der Waals surface area contributed by atoms with Crippen molar-refractivity contribution in [2.24, 2.45) is 11.7 Å². The summed E-state index contributed by atoms with van der Waals surface area (Å²) in [5, 5.41) is 2.86. The van der Waals surface area contributed by atoms with Crippen molar-refractivity contribution in [1.82, 2.24) is 5.32 Å². The van der Waals surface area contributed by atoms with Crippen molar-refractivity contribution in [1.29, 1.82) is 0 Å². The van der Waals surface area contributed by atoms with Gasteiger partial charge in [0.15, 0.2) is 11.5 Å². The van der Waals surface area contributed by atoms with E-state index in [0.717, 1.165) is 5.56 Å². The SMILES string of the molecule is COc1cc(C(=O)NCC(N)c2ccccc2)ccc1OCC(C)C.Cl. The minimum atomic E-state index is -0.249. The van der Waals surface area contributed by atoms with Gasteiger partial charge in [-0.3, -0.25) is 4.79 Å². The molecule has 6 heteroatoms. The second-order valence-electron chi connectivity index (χ2n) is 6.30. The van der Waals surface area contributed by atoms with Gasteiger partial charge in [-0.15, -0.1) is 12.4 Å². The molecule has 1 amide bonds. The molecule has 26 heavy (non-hydrogen) atoms. The maximum atomic E-state index is 12.4. The Morgan fingerprint density at radius 2 is 1.81 bits per heavy atom. The standard InChI is InChI=1S/C20H26N2O3.ClH/c1-14(2)13-25-18-10-9-16(11-19(18)24-3)20(23)22-12-17(21)15-7-5-4-6-8-15;/h4-11,14,17H,12-13,21H2,1-3H3,(H,22,23);1H. The number of hydrogen-bond donors (Lipinski definition) is 2. The zero-order valence-corrected chi connectivity index (χ0v) is 16.2. The highest BCUT2D eigenvalue weighted by Gasteiger charge is 2.13. The number of amides is 1. The van der Waals surface area contributed by atoms with Gasteiger partial charge in [0.25, 0.3) is 5.91 Å². The molecule has 2 aromatic carbocycles. The Hall–Kier alpha value is -2.24. The first-order chi connectivity index (χ1) is 12.0. The van der Waals surface area contributed by atoms with E-state index >= 15 is 0 Å². The molecule has 142 valence electrons. The number of benzene rings is 2. The second kappa shape index (κ2) is 10.7. The molecule has 0 bridgehead atoms. The van der Waals surface area contributed by atoms with Crippen molar-refractivity contribution in [3.63, 3.8) is 0 Å². The van der Waals surface area contributed by atoms with Crippen molar-refractivity contribution in [3.8, 4) is 11.5 Å². The Balaban J connectivity index is 0.00000338. The van der Waals surface area contributed by atoms with Crippen LogP contribution >= 0.6 is 12.4 Å². The highest BCUT2D eigenvalue weighted by molar-refractivity contribution is 5.94. The lowest BCUT2D eigenvalue weighted by Crippen LogP contribution is -2.31. The minimum Gasteiger partial charge on any atom is -0.493 e. The fourth-order valence-corrected chi connectivity index (χ4v) is 2.31. The van der Waals surface area contributed by atoms with E-state index in [4.69, 9.17) is 15.2 Å². The van der Waals surface area contributed by atoms with E-state index in [1.54, 1.807) is 25.3 Å². The van der Waals surface area contributed by atoms with E-state index in [0.29, 0.717) is 36.1 Å². The predicted octanol–water partition coefficient (Wildman–Crippen LogP) is 3.58. The molecule has 0 spiro atoms. The van der Waals surface area contributed by atoms with Crippen LogP contribution in [-0.2, 0) is 0 Å². The Bertz CT molecular complexity index is 693. The van der Waals surface area contributed by atoms with Gasteiger partial charge >= 0.3 is 0 Å². The van der Waals surface area contributed by atoms with Gasteiger partial charge in [0, 0.05) is 18.2 Å². The van der Waals surface area contributed by atoms with Gasteiger partial charge in [0.1, 0.15) is 0 Å². The number of rotatable bonds is 8. The lowest BCUT2D eigenvalue weighted by molar-refractivity contribution is 0.0950. The van der Waals surface area contributed by atoms with E-state index < -0.39 is 0 Å². The first-order valence-electron chi connectivity index (χ1n) is 8.40. The van der Waals surface area contributed by atoms with E-state index in [1.165, 1.54) is 0 Å². The number of hydrogen-bond acceptors (Lipinski definition) is 4. The Labute approximate surface area is 161 Å². The fourth-order valence-electron chi connectivity index (χ4n) is 2.31. The molecule has 0 aliphatic heterocycles. The monoisotopic (exact) mass is 378 g/mol. The van der Waals surface area contributed by atoms with Gasteiger partial charge in [-0.2, -0.15) is 0 Å². The molecule has 2 rings (SSSR count). The Morgan fingerprint density at radius 1 is 1.12 bits per heavy atom. The van der Waals surface area contributed by atoms with Gasteiger partial charge in [0.2, 0.25) is 0 Å². The van der Waals surface area contributed by atoms with Crippen molar-refractivity contribution >= 4 is 18.3 Å². The number of halogens is 1. The fraction of sp³-hybridized carbons (Fsp3) is 0.350. The van der Waals surface area contributed by atoms with Crippen LogP contribution in [0.5, 0.6) is 11.5 Å². The van der Waals surface area contributed by atoms with Crippen LogP contribution in [0.4, 0.5) is 0 Å². The van der Waals surface area contributed by atoms with Crippen LogP contribution < -0.4 is 20.5 Å². The molecular formula is C20H27ClN2O3. The average molecular weight is 379 g/mol. The molecule has 0 radical (unpaired) electrons. The predicted molar refractivity (Wildman–Crippen MR) is 106 cm³/mol. The summed E-state index contributed by atoms with van der Waals surface area (Å²) in [4.78, 5) is 12.4. The largest absolute Gasteiger partial charge is 0.493 e. The summed E-state index contributed by atoms with van der Waals surface area (Å²) in [5.41, 5.74) is 7.60. The van der Waals surface area contributed by atoms with Gasteiger partial charge in [-0.25, -0.2) is 0 Å². The number of nitrogens with one attached hydrogen (secondary N) is 1. The zero-order valence-electron chi connectivity index (χ0n) is 15.4. The van der Waals surface area contributed by atoms with Gasteiger partial charge in [0.05, 0.1) is 13.7 Å². The number of ether oxygens (including phenoxy) is 2. The van der Waals surface area contributed by atoms with Crippen LogP contribution in [0.3, 0.4) is 0 Å². The first kappa shape index (κ1) is 21.8. The third kappa shape index (κ3) is 6.24. The highest BCUT2D eigenvalue weighted by Crippen LogP contribution is 2.28. The summed E-state index contributed by atoms with van der Waals surface area (Å²) in [6, 6.07) is 14.6. The molecule has 0 fully saturated rings. The summed E-state index contributed by atoms with van der Waals surface area (Å²) in [6.45, 7) is 5.10. The molecule has 0 saturated heterocycles. The molecule has 0 aliphatic rings. The first-order valence-corrected chi connectivity index (χ1v) is 8.40. The van der Waals surface area contributed by atoms with Crippen LogP contribution in [0.25, 0.3) is 0 Å². The van der Waals surface area contributed by atoms with Crippen LogP contribution in [0.1, 0.15) is 35.8 Å². The zero-order chi connectivity index (χ0) is 18.2. The van der Waals surface area contributed by atoms with Gasteiger partial charge in [-0.1, -0.05) is 44.2 Å². The smallest absolute Gasteiger partial charge is 0.251 e. The summed E-state index contributed by atoms with van der Waals surface area (Å²) in [7, 11) is 1.56. The van der Waals surface area contributed by atoms with Crippen molar-refractivity contribution in [2.45, 2.75) is 19.9 Å². The number of carbonyl (C=O) groups is 1. The van der Waals surface area contributed by atoms with Crippen LogP contribution in [-0.4, -0.2) is 26.2 Å². The minimum absolute atomic E-state index is 0. The molecule has 0 heterocycles. The maximum absolute atomic E-state index is 12.4. The van der Waals surface area contributed by atoms with Crippen molar-refractivity contribution in [2.75, 3.05) is 20.3 Å². The van der Waals surface area contributed by atoms with E-state index in [2.05, 4.69) is 19.2 Å². The van der Waals surface area contributed by atoms with Crippen molar-refractivity contribution in [3.05, 3.63) is 59.7 Å². The van der Waals surface area contributed by atoms with E-state index in [1.807, 2.05) is 30.3 Å². The molecule has 0 aromatic heterocycles. The van der Waals surface area contributed by atoms with Crippen LogP contribution in [0.15, 0.2) is 48.5 Å². The molecule has 5 nitrogen and oxygen atoms in total. The second-order valence-corrected chi connectivity index (χ2v) is 6.30. The summed E-state index contributed by atoms with van der Waals surface area (Å²) < 4.78 is 11.0. The Morgan fingerprint density at radius 3 is 2.42 bits per heavy atom.